The Kier molecular flexibility index (Phi) is 22.3. The van der Waals surface area contributed by atoms with E-state index in [0.29, 0.717) is 118 Å². The average molecular weight is 596 g/mol. The number of amides is 1. The Bertz CT molecular complexity index is 668. The number of nitrogens with zero attached hydrogens (tertiary/aromatic N) is 1. The van der Waals surface area contributed by atoms with Crippen molar-refractivity contribution < 1.29 is 62.5 Å². The molecule has 14 nitrogen and oxygen atoms in total. The fourth-order valence-electron chi connectivity index (χ4n) is 4.17. The molecule has 0 aromatic rings. The zero-order valence-corrected chi connectivity index (χ0v) is 24.4. The van der Waals surface area contributed by atoms with Gasteiger partial charge in [0.15, 0.2) is 0 Å². The van der Waals surface area contributed by atoms with Crippen LogP contribution in [0.1, 0.15) is 32.1 Å². The molecule has 0 aliphatic carbocycles. The summed E-state index contributed by atoms with van der Waals surface area (Å²) in [5.74, 6) is -2.12. The van der Waals surface area contributed by atoms with Gasteiger partial charge >= 0.3 is 11.9 Å². The first-order valence-corrected chi connectivity index (χ1v) is 14.1. The summed E-state index contributed by atoms with van der Waals surface area (Å²) in [4.78, 5) is 36.4. The van der Waals surface area contributed by atoms with Gasteiger partial charge in [-0.3, -0.25) is 14.4 Å². The molecule has 1 aliphatic rings. The SMILES string of the molecule is COCCOCCOCCOCCOCCOCCOCCOCCC(=O)N1CCC(CC(=O)O)(CC(=O)O)CC1. The van der Waals surface area contributed by atoms with Crippen LogP contribution in [0.4, 0.5) is 0 Å². The molecule has 0 unspecified atom stereocenters. The molecule has 1 fully saturated rings. The van der Waals surface area contributed by atoms with E-state index in [1.165, 1.54) is 0 Å². The van der Waals surface area contributed by atoms with Gasteiger partial charge in [-0.15, -0.1) is 0 Å². The molecule has 0 saturated carbocycles. The van der Waals surface area contributed by atoms with Crippen LogP contribution in [-0.2, 0) is 52.3 Å². The molecule has 240 valence electrons. The molecule has 0 aromatic carbocycles. The molecule has 2 N–H and O–H groups in total. The van der Waals surface area contributed by atoms with Crippen LogP contribution in [0.25, 0.3) is 0 Å². The number of hydrogen-bond acceptors (Lipinski definition) is 11. The van der Waals surface area contributed by atoms with E-state index in [4.69, 9.17) is 48.1 Å². The largest absolute Gasteiger partial charge is 0.481 e. The van der Waals surface area contributed by atoms with Gasteiger partial charge in [0.05, 0.1) is 118 Å². The van der Waals surface area contributed by atoms with Crippen LogP contribution in [0.15, 0.2) is 0 Å². The summed E-state index contributed by atoms with van der Waals surface area (Å²) >= 11 is 0. The number of carbonyl (C=O) groups is 3. The van der Waals surface area contributed by atoms with Gasteiger partial charge in [-0.25, -0.2) is 0 Å². The van der Waals surface area contributed by atoms with E-state index in [1.54, 1.807) is 12.0 Å². The number of hydrogen-bond donors (Lipinski definition) is 2. The van der Waals surface area contributed by atoms with E-state index in [9.17, 15) is 14.4 Å². The van der Waals surface area contributed by atoms with Gasteiger partial charge in [0.25, 0.3) is 0 Å². The standard InChI is InChI=1S/C27H49NO13/c1-34-8-9-36-12-13-38-16-17-40-20-21-41-19-18-39-15-14-37-11-10-35-7-2-24(29)28-5-3-27(4-6-28,22-25(30)31)23-26(32)33/h2-23H2,1H3,(H,30,31)(H,32,33). The number of aliphatic carboxylic acids is 2. The van der Waals surface area contributed by atoms with Crippen molar-refractivity contribution >= 4 is 17.8 Å². The predicted molar refractivity (Wildman–Crippen MR) is 145 cm³/mol. The highest BCUT2D eigenvalue weighted by atomic mass is 16.6. The Morgan fingerprint density at radius 2 is 0.878 bits per heavy atom. The highest BCUT2D eigenvalue weighted by molar-refractivity contribution is 5.76. The lowest BCUT2D eigenvalue weighted by atomic mass is 9.73. The average Bonchev–Trinajstić information content (AvgIpc) is 2.93. The normalized spacial score (nSPS) is 14.8. The second kappa shape index (κ2) is 24.7. The number of carboxylic acid groups (broad SMARTS) is 2. The smallest absolute Gasteiger partial charge is 0.303 e. The van der Waals surface area contributed by atoms with Crippen molar-refractivity contribution in [1.29, 1.82) is 0 Å². The molecule has 1 heterocycles. The fourth-order valence-corrected chi connectivity index (χ4v) is 4.17. The summed E-state index contributed by atoms with van der Waals surface area (Å²) in [6.45, 7) is 7.65. The van der Waals surface area contributed by atoms with Crippen molar-refractivity contribution in [3.63, 3.8) is 0 Å². The number of methoxy groups -OCH3 is 1. The zero-order chi connectivity index (χ0) is 30.0. The lowest BCUT2D eigenvalue weighted by molar-refractivity contribution is -0.146. The van der Waals surface area contributed by atoms with Crippen LogP contribution in [0.5, 0.6) is 0 Å². The van der Waals surface area contributed by atoms with Crippen molar-refractivity contribution in [3.05, 3.63) is 0 Å². The Morgan fingerprint density at radius 1 is 0.561 bits per heavy atom. The molecular weight excluding hydrogens is 546 g/mol. The topological polar surface area (TPSA) is 169 Å². The van der Waals surface area contributed by atoms with Gasteiger partial charge < -0.3 is 53.0 Å². The van der Waals surface area contributed by atoms with Crippen molar-refractivity contribution in [2.75, 3.05) is 119 Å². The molecule has 0 bridgehead atoms. The van der Waals surface area contributed by atoms with Crippen molar-refractivity contribution in [3.8, 4) is 0 Å². The number of piperidine rings is 1. The maximum Gasteiger partial charge on any atom is 0.303 e. The fraction of sp³-hybridized carbons (Fsp3) is 0.889. The summed E-state index contributed by atoms with van der Waals surface area (Å²) in [5, 5.41) is 18.3. The van der Waals surface area contributed by atoms with E-state index in [1.807, 2.05) is 0 Å². The first kappa shape index (κ1) is 37.1. The van der Waals surface area contributed by atoms with Crippen molar-refractivity contribution in [2.45, 2.75) is 32.1 Å². The highest BCUT2D eigenvalue weighted by Gasteiger charge is 2.39. The lowest BCUT2D eigenvalue weighted by Crippen LogP contribution is -2.45. The van der Waals surface area contributed by atoms with Crippen LogP contribution in [0.3, 0.4) is 0 Å². The van der Waals surface area contributed by atoms with Gasteiger partial charge in [0, 0.05) is 20.2 Å². The molecule has 1 amide bonds. The number of carboxylic acids is 2. The van der Waals surface area contributed by atoms with Gasteiger partial charge in [0.1, 0.15) is 0 Å². The van der Waals surface area contributed by atoms with E-state index in [-0.39, 0.29) is 31.8 Å². The molecule has 41 heavy (non-hydrogen) atoms. The molecule has 14 heteroatoms. The number of likely N-dealkylation sites (tertiary alicyclic amines) is 1. The molecule has 1 saturated heterocycles. The maximum atomic E-state index is 12.4. The summed E-state index contributed by atoms with van der Waals surface area (Å²) in [6.07, 6.45) is 0.515. The van der Waals surface area contributed by atoms with Gasteiger partial charge in [-0.1, -0.05) is 0 Å². The van der Waals surface area contributed by atoms with Crippen molar-refractivity contribution in [2.24, 2.45) is 5.41 Å². The first-order valence-electron chi connectivity index (χ1n) is 14.1. The zero-order valence-electron chi connectivity index (χ0n) is 24.4. The third kappa shape index (κ3) is 20.6. The van der Waals surface area contributed by atoms with Gasteiger partial charge in [-0.05, 0) is 18.3 Å². The quantitative estimate of drug-likeness (QED) is 0.121. The molecule has 0 aromatic heterocycles. The second-order valence-corrected chi connectivity index (χ2v) is 9.55. The summed E-state index contributed by atoms with van der Waals surface area (Å²) in [6, 6.07) is 0. The lowest BCUT2D eigenvalue weighted by Gasteiger charge is -2.40. The van der Waals surface area contributed by atoms with E-state index >= 15 is 0 Å². The van der Waals surface area contributed by atoms with Crippen LogP contribution in [0, 0.1) is 5.41 Å². The Labute approximate surface area is 242 Å². The minimum absolute atomic E-state index is 0.0862. The Morgan fingerprint density at radius 3 is 1.20 bits per heavy atom. The summed E-state index contributed by atoms with van der Waals surface area (Å²) in [5.41, 5.74) is -0.801. The van der Waals surface area contributed by atoms with E-state index < -0.39 is 17.4 Å². The summed E-state index contributed by atoms with van der Waals surface area (Å²) < 4.78 is 42.7. The van der Waals surface area contributed by atoms with Gasteiger partial charge in [-0.2, -0.15) is 0 Å². The maximum absolute atomic E-state index is 12.4. The predicted octanol–water partition coefficient (Wildman–Crippen LogP) is 0.697. The monoisotopic (exact) mass is 595 g/mol. The van der Waals surface area contributed by atoms with E-state index in [0.717, 1.165) is 0 Å². The number of ether oxygens (including phenoxy) is 8. The molecule has 0 radical (unpaired) electrons. The van der Waals surface area contributed by atoms with Crippen LogP contribution in [0.2, 0.25) is 0 Å². The summed E-state index contributed by atoms with van der Waals surface area (Å²) in [7, 11) is 1.63. The van der Waals surface area contributed by atoms with Crippen LogP contribution >= 0.6 is 0 Å². The number of carbonyl (C=O) groups excluding carboxylic acids is 1. The minimum atomic E-state index is -1.02. The van der Waals surface area contributed by atoms with E-state index in [2.05, 4.69) is 0 Å². The Hall–Kier alpha value is -1.91. The molecule has 0 atom stereocenters. The molecule has 0 spiro atoms. The second-order valence-electron chi connectivity index (χ2n) is 9.55. The molecule has 1 rings (SSSR count). The van der Waals surface area contributed by atoms with Gasteiger partial charge in [0.2, 0.25) is 5.91 Å². The van der Waals surface area contributed by atoms with Crippen LogP contribution < -0.4 is 0 Å². The highest BCUT2D eigenvalue weighted by Crippen LogP contribution is 2.38. The molecular formula is C27H49NO13. The first-order chi connectivity index (χ1) is 19.9. The Balaban J connectivity index is 1.85. The van der Waals surface area contributed by atoms with Crippen LogP contribution in [-0.4, -0.2) is 152 Å². The minimum Gasteiger partial charge on any atom is -0.481 e. The molecule has 1 aliphatic heterocycles. The third-order valence-corrected chi connectivity index (χ3v) is 6.35. The van der Waals surface area contributed by atoms with Crippen molar-refractivity contribution in [1.82, 2.24) is 4.90 Å². The number of rotatable bonds is 28. The third-order valence-electron chi connectivity index (χ3n) is 6.35.